The third-order valence-electron chi connectivity index (χ3n) is 6.08. The van der Waals surface area contributed by atoms with Gasteiger partial charge in [0.2, 0.25) is 0 Å². The average molecular weight is 590 g/mol. The van der Waals surface area contributed by atoms with E-state index in [0.717, 1.165) is 27.5 Å². The second kappa shape index (κ2) is 13.0. The molecule has 1 aliphatic heterocycles. The molecule has 0 aliphatic carbocycles. The summed E-state index contributed by atoms with van der Waals surface area (Å²) < 4.78 is 47.6. The predicted molar refractivity (Wildman–Crippen MR) is 144 cm³/mol. The molecule has 7 nitrogen and oxygen atoms in total. The van der Waals surface area contributed by atoms with Crippen LogP contribution in [0.1, 0.15) is 34.9 Å². The Morgan fingerprint density at radius 3 is 2.53 bits per heavy atom. The molecule has 0 atom stereocenters. The number of anilines is 1. The molecule has 12 heteroatoms. The van der Waals surface area contributed by atoms with Crippen LogP contribution in [-0.2, 0) is 29.8 Å². The topological polar surface area (TPSA) is 79.0 Å². The Kier molecular flexibility index (Phi) is 10.5. The molecular formula is C26H27Cl2FN3NaO4S. The van der Waals surface area contributed by atoms with Crippen LogP contribution in [0.2, 0.25) is 10.0 Å². The molecular weight excluding hydrogens is 563 g/mol. The normalized spacial score (nSPS) is 13.1. The number of nitrogens with one attached hydrogen (secondary N) is 1. The van der Waals surface area contributed by atoms with Gasteiger partial charge in [-0.1, -0.05) is 35.3 Å². The molecule has 3 aromatic rings. The number of benzene rings is 3. The van der Waals surface area contributed by atoms with Crippen LogP contribution in [0.5, 0.6) is 5.75 Å². The molecule has 1 aliphatic rings. The zero-order valence-corrected chi connectivity index (χ0v) is 25.6. The van der Waals surface area contributed by atoms with Crippen molar-refractivity contribution >= 4 is 45.0 Å². The van der Waals surface area contributed by atoms with Crippen molar-refractivity contribution in [1.29, 1.82) is 0 Å². The molecule has 0 unspecified atom stereocenters. The van der Waals surface area contributed by atoms with Crippen molar-refractivity contribution in [2.75, 3.05) is 25.5 Å². The number of rotatable bonds is 8. The summed E-state index contributed by atoms with van der Waals surface area (Å²) in [6.45, 7) is 1.15. The monoisotopic (exact) mass is 589 g/mol. The van der Waals surface area contributed by atoms with E-state index in [4.69, 9.17) is 27.9 Å². The van der Waals surface area contributed by atoms with E-state index >= 15 is 0 Å². The first-order valence-electron chi connectivity index (χ1n) is 11.5. The Hall–Kier alpha value is -1.85. The third kappa shape index (κ3) is 7.21. The van der Waals surface area contributed by atoms with Crippen LogP contribution in [0.15, 0.2) is 54.6 Å². The third-order valence-corrected chi connectivity index (χ3v) is 7.95. The number of hydrogen-bond acceptors (Lipinski definition) is 5. The van der Waals surface area contributed by atoms with Gasteiger partial charge in [0.1, 0.15) is 18.2 Å². The number of hydrogen-bond donors (Lipinski definition) is 1. The minimum absolute atomic E-state index is 0. The summed E-state index contributed by atoms with van der Waals surface area (Å²) >= 11 is 12.1. The SMILES string of the molecule is CN(C)S(=O)(=O)NC(=O)c1cccc2c1CCCN2Cc1cc(Cl)ccc1OCc1ccc(Cl)cc1F.[H-].[Na+]. The largest absolute Gasteiger partial charge is 1.00 e. The van der Waals surface area contributed by atoms with Crippen molar-refractivity contribution in [1.82, 2.24) is 9.03 Å². The van der Waals surface area contributed by atoms with Crippen molar-refractivity contribution in [2.24, 2.45) is 0 Å². The Labute approximate surface area is 255 Å². The fourth-order valence-corrected chi connectivity index (χ4v) is 5.03. The van der Waals surface area contributed by atoms with Crippen LogP contribution in [0.4, 0.5) is 10.1 Å². The maximum atomic E-state index is 14.2. The first-order valence-corrected chi connectivity index (χ1v) is 13.7. The van der Waals surface area contributed by atoms with Crippen molar-refractivity contribution in [2.45, 2.75) is 26.0 Å². The summed E-state index contributed by atoms with van der Waals surface area (Å²) in [6, 6.07) is 14.9. The van der Waals surface area contributed by atoms with Crippen molar-refractivity contribution in [3.8, 4) is 5.75 Å². The molecule has 0 aromatic heterocycles. The minimum atomic E-state index is -3.92. The number of carbonyl (C=O) groups is 1. The Morgan fingerprint density at radius 1 is 1.11 bits per heavy atom. The van der Waals surface area contributed by atoms with Gasteiger partial charge in [0.05, 0.1) is 0 Å². The van der Waals surface area contributed by atoms with Gasteiger partial charge in [-0.25, -0.2) is 9.11 Å². The summed E-state index contributed by atoms with van der Waals surface area (Å²) in [4.78, 5) is 15.0. The van der Waals surface area contributed by atoms with Gasteiger partial charge in [-0.3, -0.25) is 4.79 Å². The van der Waals surface area contributed by atoms with Gasteiger partial charge in [0.15, 0.2) is 0 Å². The van der Waals surface area contributed by atoms with Crippen molar-refractivity contribution < 1.29 is 53.3 Å². The Balaban J connectivity index is 0.00000267. The molecule has 1 N–H and O–H groups in total. The fourth-order valence-electron chi connectivity index (χ4n) is 4.15. The number of ether oxygens (including phenoxy) is 1. The number of carbonyl (C=O) groups excluding carboxylic acids is 1. The van der Waals surface area contributed by atoms with E-state index in [1.807, 2.05) is 6.07 Å². The molecule has 0 saturated heterocycles. The number of nitrogens with zero attached hydrogens (tertiary/aromatic N) is 2. The van der Waals surface area contributed by atoms with Gasteiger partial charge < -0.3 is 11.1 Å². The van der Waals surface area contributed by atoms with Gasteiger partial charge >= 0.3 is 39.8 Å². The zero-order valence-electron chi connectivity index (χ0n) is 22.3. The minimum Gasteiger partial charge on any atom is -1.00 e. The zero-order chi connectivity index (χ0) is 26.7. The Morgan fingerprint density at radius 2 is 1.82 bits per heavy atom. The molecule has 3 aromatic carbocycles. The van der Waals surface area contributed by atoms with Crippen LogP contribution in [-0.4, -0.2) is 39.3 Å². The fraction of sp³-hybridized carbons (Fsp3) is 0.269. The quantitative estimate of drug-likeness (QED) is 0.408. The van der Waals surface area contributed by atoms with Crippen molar-refractivity contribution in [3.63, 3.8) is 0 Å². The van der Waals surface area contributed by atoms with Gasteiger partial charge in [-0.2, -0.15) is 12.7 Å². The van der Waals surface area contributed by atoms with Crippen LogP contribution in [0, 0.1) is 5.82 Å². The van der Waals surface area contributed by atoms with Crippen molar-refractivity contribution in [3.05, 3.63) is 92.7 Å². The smallest absolute Gasteiger partial charge is 1.00 e. The average Bonchev–Trinajstić information content (AvgIpc) is 2.84. The van der Waals surface area contributed by atoms with Crippen LogP contribution < -0.4 is 43.9 Å². The molecule has 0 spiro atoms. The van der Waals surface area contributed by atoms with E-state index < -0.39 is 21.9 Å². The van der Waals surface area contributed by atoms with Crippen LogP contribution in [0.3, 0.4) is 0 Å². The maximum absolute atomic E-state index is 14.2. The molecule has 4 rings (SSSR count). The summed E-state index contributed by atoms with van der Waals surface area (Å²) in [5, 5.41) is 0.837. The first-order chi connectivity index (χ1) is 17.5. The predicted octanol–water partition coefficient (Wildman–Crippen LogP) is 2.32. The number of amides is 1. The van der Waals surface area contributed by atoms with Gasteiger partial charge in [0.25, 0.3) is 5.91 Å². The number of fused-ring (bicyclic) bond motifs is 1. The van der Waals surface area contributed by atoms with E-state index in [0.29, 0.717) is 46.4 Å². The molecule has 1 amide bonds. The molecule has 0 fully saturated rings. The summed E-state index contributed by atoms with van der Waals surface area (Å²) in [5.41, 5.74) is 3.08. The molecule has 0 bridgehead atoms. The maximum Gasteiger partial charge on any atom is 1.00 e. The molecule has 198 valence electrons. The second-order valence-electron chi connectivity index (χ2n) is 8.82. The molecule has 38 heavy (non-hydrogen) atoms. The van der Waals surface area contributed by atoms with Crippen LogP contribution >= 0.6 is 23.2 Å². The molecule has 1 heterocycles. The van der Waals surface area contributed by atoms with E-state index in [-0.39, 0.29) is 37.6 Å². The van der Waals surface area contributed by atoms with E-state index in [1.165, 1.54) is 20.2 Å². The Bertz CT molecular complexity index is 1450. The second-order valence-corrected chi connectivity index (χ2v) is 11.6. The van der Waals surface area contributed by atoms with Crippen LogP contribution in [0.25, 0.3) is 0 Å². The standard InChI is InChI=1S/C26H26Cl2FN3O4S.Na.H/c1-31(2)37(34,35)30-26(33)22-5-3-7-24-21(22)6-4-12-32(24)15-18-13-19(27)10-11-25(18)36-16-17-8-9-20(28)14-23(17)29;;/h3,5,7-11,13-14H,4,6,12,15-16H2,1-2H3,(H,30,33);;/q;+1;-1. The summed E-state index contributed by atoms with van der Waals surface area (Å²) in [5.74, 6) is -0.573. The van der Waals surface area contributed by atoms with E-state index in [1.54, 1.807) is 42.5 Å². The van der Waals surface area contributed by atoms with E-state index in [2.05, 4.69) is 9.62 Å². The number of halogens is 3. The molecule has 0 radical (unpaired) electrons. The summed E-state index contributed by atoms with van der Waals surface area (Å²) in [6.07, 6.45) is 1.40. The first kappa shape index (κ1) is 30.7. The van der Waals surface area contributed by atoms with Gasteiger partial charge in [-0.15, -0.1) is 0 Å². The van der Waals surface area contributed by atoms with Gasteiger partial charge in [-0.05, 0) is 60.9 Å². The van der Waals surface area contributed by atoms with E-state index in [9.17, 15) is 17.6 Å². The molecule has 0 saturated carbocycles. The van der Waals surface area contributed by atoms with Gasteiger partial charge in [0, 0.05) is 59.6 Å². The summed E-state index contributed by atoms with van der Waals surface area (Å²) in [7, 11) is -1.22.